The van der Waals surface area contributed by atoms with E-state index in [0.29, 0.717) is 0 Å². The van der Waals surface area contributed by atoms with Crippen LogP contribution in [0.1, 0.15) is 34.2 Å². The van der Waals surface area contributed by atoms with E-state index in [1.54, 1.807) is 0 Å². The lowest BCUT2D eigenvalue weighted by molar-refractivity contribution is 0.793. The molecule has 1 spiro atoms. The Morgan fingerprint density at radius 3 is 1.60 bits per heavy atom. The third-order valence-corrected chi connectivity index (χ3v) is 7.14. The van der Waals surface area contributed by atoms with Crippen LogP contribution in [0.4, 0.5) is 0 Å². The first kappa shape index (κ1) is 16.2. The highest BCUT2D eigenvalue weighted by molar-refractivity contribution is 5.95. The highest BCUT2D eigenvalue weighted by atomic mass is 14.5. The zero-order chi connectivity index (χ0) is 19.7. The van der Waals surface area contributed by atoms with E-state index in [4.69, 9.17) is 0 Å². The smallest absolute Gasteiger partial charge is 0.0725 e. The molecule has 0 aromatic heterocycles. The monoisotopic (exact) mass is 380 g/mol. The van der Waals surface area contributed by atoms with Gasteiger partial charge >= 0.3 is 0 Å². The van der Waals surface area contributed by atoms with Crippen molar-refractivity contribution in [3.63, 3.8) is 0 Å². The molecule has 0 atom stereocenters. The predicted octanol–water partition coefficient (Wildman–Crippen LogP) is 7.37. The zero-order valence-electron chi connectivity index (χ0n) is 16.6. The third-order valence-electron chi connectivity index (χ3n) is 7.14. The molecule has 4 aromatic carbocycles. The Hall–Kier alpha value is -3.64. The molecule has 0 saturated heterocycles. The van der Waals surface area contributed by atoms with E-state index in [9.17, 15) is 0 Å². The second-order valence-electron chi connectivity index (χ2n) is 8.47. The summed E-state index contributed by atoms with van der Waals surface area (Å²) in [6.07, 6.45) is 7.69. The fourth-order valence-corrected chi connectivity index (χ4v) is 5.96. The van der Waals surface area contributed by atoms with Gasteiger partial charge in [-0.3, -0.25) is 0 Å². The van der Waals surface area contributed by atoms with Gasteiger partial charge in [0, 0.05) is 0 Å². The first-order chi connectivity index (χ1) is 14.9. The molecule has 7 rings (SSSR count). The van der Waals surface area contributed by atoms with Crippen molar-refractivity contribution in [2.75, 3.05) is 0 Å². The first-order valence-electron chi connectivity index (χ1n) is 10.7. The van der Waals surface area contributed by atoms with E-state index in [0.717, 1.165) is 6.42 Å². The lowest BCUT2D eigenvalue weighted by Gasteiger charge is -2.30. The molecule has 0 saturated carbocycles. The molecular formula is C30H20. The maximum Gasteiger partial charge on any atom is 0.0725 e. The molecule has 0 aliphatic heterocycles. The summed E-state index contributed by atoms with van der Waals surface area (Å²) in [5, 5.41) is 0. The van der Waals surface area contributed by atoms with Gasteiger partial charge in [0.1, 0.15) is 0 Å². The maximum atomic E-state index is 2.47. The summed E-state index contributed by atoms with van der Waals surface area (Å²) in [6.45, 7) is 0. The van der Waals surface area contributed by atoms with Gasteiger partial charge in [-0.25, -0.2) is 0 Å². The highest BCUT2D eigenvalue weighted by Gasteiger charge is 2.51. The van der Waals surface area contributed by atoms with Crippen LogP contribution < -0.4 is 0 Å². The summed E-state index contributed by atoms with van der Waals surface area (Å²) >= 11 is 0. The van der Waals surface area contributed by atoms with Gasteiger partial charge in [-0.2, -0.15) is 0 Å². The second kappa shape index (κ2) is 5.70. The Morgan fingerprint density at radius 2 is 1.07 bits per heavy atom. The molecule has 0 unspecified atom stereocenters. The quantitative estimate of drug-likeness (QED) is 0.279. The van der Waals surface area contributed by atoms with Crippen LogP contribution in [0.5, 0.6) is 0 Å². The topological polar surface area (TPSA) is 0 Å². The number of hydrogen-bond acceptors (Lipinski definition) is 0. The van der Waals surface area contributed by atoms with Crippen LogP contribution in [0.15, 0.2) is 109 Å². The number of fused-ring (bicyclic) bond motifs is 10. The average molecular weight is 380 g/mol. The Bertz CT molecular complexity index is 1350. The molecule has 0 nitrogen and oxygen atoms in total. The van der Waals surface area contributed by atoms with E-state index >= 15 is 0 Å². The Kier molecular flexibility index (Phi) is 3.08. The molecule has 3 aliphatic rings. The molecule has 0 bridgehead atoms. The minimum Gasteiger partial charge on any atom is -0.0801 e. The van der Waals surface area contributed by atoms with E-state index in [2.05, 4.69) is 109 Å². The predicted molar refractivity (Wildman–Crippen MR) is 124 cm³/mol. The van der Waals surface area contributed by atoms with Gasteiger partial charge in [-0.05, 0) is 68.1 Å². The van der Waals surface area contributed by atoms with Crippen molar-refractivity contribution >= 4 is 5.57 Å². The molecule has 0 amide bonds. The Labute approximate surface area is 176 Å². The lowest BCUT2D eigenvalue weighted by atomic mass is 9.70. The number of allylic oxidation sites excluding steroid dienone is 4. The van der Waals surface area contributed by atoms with Crippen molar-refractivity contribution in [2.45, 2.75) is 11.8 Å². The average Bonchev–Trinajstić information content (AvgIpc) is 3.51. The van der Waals surface area contributed by atoms with Crippen LogP contribution in [0.3, 0.4) is 0 Å². The minimum atomic E-state index is -0.234. The molecule has 0 heterocycles. The van der Waals surface area contributed by atoms with Gasteiger partial charge in [0.25, 0.3) is 0 Å². The summed E-state index contributed by atoms with van der Waals surface area (Å²) in [4.78, 5) is 0. The van der Waals surface area contributed by atoms with Crippen molar-refractivity contribution in [3.8, 4) is 22.3 Å². The zero-order valence-corrected chi connectivity index (χ0v) is 16.6. The molecule has 30 heavy (non-hydrogen) atoms. The molecule has 140 valence electrons. The van der Waals surface area contributed by atoms with Crippen molar-refractivity contribution < 1.29 is 0 Å². The van der Waals surface area contributed by atoms with Gasteiger partial charge in [0.2, 0.25) is 0 Å². The van der Waals surface area contributed by atoms with Crippen LogP contribution in [0, 0.1) is 0 Å². The number of benzene rings is 4. The number of rotatable bonds is 1. The van der Waals surface area contributed by atoms with Gasteiger partial charge in [0.05, 0.1) is 5.41 Å². The van der Waals surface area contributed by atoms with Crippen LogP contribution >= 0.6 is 0 Å². The largest absolute Gasteiger partial charge is 0.0801 e. The van der Waals surface area contributed by atoms with Crippen LogP contribution in [0.2, 0.25) is 0 Å². The molecule has 0 fully saturated rings. The van der Waals surface area contributed by atoms with Crippen molar-refractivity contribution in [2.24, 2.45) is 0 Å². The van der Waals surface area contributed by atoms with E-state index < -0.39 is 0 Å². The van der Waals surface area contributed by atoms with E-state index in [1.807, 2.05) is 0 Å². The van der Waals surface area contributed by atoms with Crippen LogP contribution in [0.25, 0.3) is 27.8 Å². The molecule has 0 radical (unpaired) electrons. The van der Waals surface area contributed by atoms with Gasteiger partial charge < -0.3 is 0 Å². The summed E-state index contributed by atoms with van der Waals surface area (Å²) < 4.78 is 0. The second-order valence-corrected chi connectivity index (χ2v) is 8.47. The van der Waals surface area contributed by atoms with Crippen molar-refractivity contribution in [1.29, 1.82) is 0 Å². The Morgan fingerprint density at radius 1 is 0.533 bits per heavy atom. The third kappa shape index (κ3) is 1.82. The molecule has 0 heteroatoms. The van der Waals surface area contributed by atoms with E-state index in [-0.39, 0.29) is 5.41 Å². The van der Waals surface area contributed by atoms with Crippen molar-refractivity contribution in [3.05, 3.63) is 137 Å². The standard InChI is InChI=1S/C30H20/c1-2-10-20(9-1)21-17-18-25-24-13-5-8-16-28(24)30(29(25)19-21)26-14-6-3-11-22(26)23-12-4-7-15-27(23)30/h1-9,11-19H,10H2. The van der Waals surface area contributed by atoms with Crippen molar-refractivity contribution in [1.82, 2.24) is 0 Å². The van der Waals surface area contributed by atoms with Gasteiger partial charge in [0.15, 0.2) is 0 Å². The van der Waals surface area contributed by atoms with Gasteiger partial charge in [-0.15, -0.1) is 0 Å². The van der Waals surface area contributed by atoms with Gasteiger partial charge in [-0.1, -0.05) is 103 Å². The summed E-state index contributed by atoms with van der Waals surface area (Å²) in [5.74, 6) is 0. The number of hydrogen-bond donors (Lipinski definition) is 0. The van der Waals surface area contributed by atoms with Crippen LogP contribution in [-0.2, 0) is 5.41 Å². The highest BCUT2D eigenvalue weighted by Crippen LogP contribution is 2.62. The lowest BCUT2D eigenvalue weighted by Crippen LogP contribution is -2.25. The normalized spacial score (nSPS) is 16.2. The maximum absolute atomic E-state index is 2.47. The molecule has 0 N–H and O–H groups in total. The van der Waals surface area contributed by atoms with Crippen LogP contribution in [-0.4, -0.2) is 0 Å². The fourth-order valence-electron chi connectivity index (χ4n) is 5.96. The summed E-state index contributed by atoms with van der Waals surface area (Å²) in [6, 6.07) is 34.1. The first-order valence-corrected chi connectivity index (χ1v) is 10.7. The molecule has 3 aliphatic carbocycles. The Balaban J connectivity index is 1.64. The molecule has 4 aromatic rings. The summed E-state index contributed by atoms with van der Waals surface area (Å²) in [5.41, 5.74) is 13.6. The molecular weight excluding hydrogens is 360 g/mol. The fraction of sp³-hybridized carbons (Fsp3) is 0.0667. The van der Waals surface area contributed by atoms with E-state index in [1.165, 1.54) is 55.6 Å². The summed E-state index contributed by atoms with van der Waals surface area (Å²) in [7, 11) is 0. The minimum absolute atomic E-state index is 0.234. The SMILES string of the molecule is C1=CCC(c2ccc3c(c2)C2(c4ccccc4-c4ccccc42)c2ccccc2-3)=C1.